The zero-order valence-electron chi connectivity index (χ0n) is 17.4. The smallest absolute Gasteiger partial charge is 0.398 e. The first-order chi connectivity index (χ1) is 16.1. The number of nitrogens with one attached hydrogen (secondary N) is 1. The Hall–Kier alpha value is -4.62. The summed E-state index contributed by atoms with van der Waals surface area (Å²) in [6, 6.07) is 4.20. The van der Waals surface area contributed by atoms with Crippen molar-refractivity contribution >= 4 is 34.4 Å². The highest BCUT2D eigenvalue weighted by Gasteiger charge is 2.43. The van der Waals surface area contributed by atoms with Gasteiger partial charge < -0.3 is 20.8 Å². The number of nitrogens with two attached hydrogens (primary N) is 2. The number of amides is 1. The molecule has 0 atom stereocenters. The van der Waals surface area contributed by atoms with Gasteiger partial charge in [-0.2, -0.15) is 23.3 Å². The van der Waals surface area contributed by atoms with Gasteiger partial charge in [0.25, 0.3) is 5.91 Å². The molecule has 4 aromatic rings. The molecule has 1 amide bonds. The van der Waals surface area contributed by atoms with Crippen LogP contribution in [0.4, 0.5) is 24.7 Å². The van der Waals surface area contributed by atoms with E-state index in [4.69, 9.17) is 16.0 Å². The highest BCUT2D eigenvalue weighted by Crippen LogP contribution is 2.37. The van der Waals surface area contributed by atoms with Gasteiger partial charge >= 0.3 is 12.1 Å². The number of hydroxylamine groups is 2. The summed E-state index contributed by atoms with van der Waals surface area (Å²) in [5, 5.41) is 11.0. The summed E-state index contributed by atoms with van der Waals surface area (Å²) in [7, 11) is 0. The fourth-order valence-corrected chi connectivity index (χ4v) is 3.21. The minimum atomic E-state index is -5.28. The molecule has 0 fully saturated rings. The lowest BCUT2D eigenvalue weighted by atomic mass is 10.0. The molecular weight excluding hydrogens is 459 g/mol. The zero-order valence-corrected chi connectivity index (χ0v) is 17.4. The highest BCUT2D eigenvalue weighted by molar-refractivity contribution is 6.06. The van der Waals surface area contributed by atoms with Gasteiger partial charge in [-0.25, -0.2) is 4.79 Å². The van der Waals surface area contributed by atoms with E-state index >= 15 is 0 Å². The molecule has 0 unspecified atom stereocenters. The van der Waals surface area contributed by atoms with E-state index in [2.05, 4.69) is 25.2 Å². The van der Waals surface area contributed by atoms with Crippen molar-refractivity contribution in [2.75, 3.05) is 18.0 Å². The molecule has 0 bridgehead atoms. The molecule has 0 saturated carbocycles. The van der Waals surface area contributed by atoms with Crippen molar-refractivity contribution in [1.82, 2.24) is 25.4 Å². The van der Waals surface area contributed by atoms with Gasteiger partial charge in [0, 0.05) is 34.8 Å². The van der Waals surface area contributed by atoms with Crippen molar-refractivity contribution in [1.29, 1.82) is 0 Å². The van der Waals surface area contributed by atoms with Gasteiger partial charge in [-0.05, 0) is 19.1 Å². The van der Waals surface area contributed by atoms with E-state index in [0.717, 1.165) is 0 Å². The molecule has 0 spiro atoms. The zero-order chi connectivity index (χ0) is 24.6. The molecule has 34 heavy (non-hydrogen) atoms. The van der Waals surface area contributed by atoms with Crippen LogP contribution in [0.3, 0.4) is 0 Å². The van der Waals surface area contributed by atoms with Crippen molar-refractivity contribution in [3.8, 4) is 22.4 Å². The molecule has 4 rings (SSSR count). The molecular formula is C20H16F3N7O4. The first kappa shape index (κ1) is 22.6. The standard InChI is InChI=1S/C20H16F3N7O4/c1-2-30(34-19(32)20(21,22)23)18(31)11-5-9(3-4-13(11)24)15-14-16(33-29-17(14)25)12(8-26-15)10-6-27-28-7-10/h3-8H,2,24H2,1H3,(H2,25,29)(H,27,28). The van der Waals surface area contributed by atoms with Crippen LogP contribution in [-0.2, 0) is 9.63 Å². The van der Waals surface area contributed by atoms with E-state index in [1.165, 1.54) is 31.3 Å². The molecule has 0 aliphatic rings. The lowest BCUT2D eigenvalue weighted by Gasteiger charge is -2.21. The molecule has 0 aliphatic heterocycles. The average molecular weight is 475 g/mol. The van der Waals surface area contributed by atoms with E-state index in [0.29, 0.717) is 27.7 Å². The number of hydrogen-bond acceptors (Lipinski definition) is 9. The molecule has 176 valence electrons. The Morgan fingerprint density at radius 1 is 1.21 bits per heavy atom. The fourth-order valence-electron chi connectivity index (χ4n) is 3.21. The fraction of sp³-hybridized carbons (Fsp3) is 0.150. The van der Waals surface area contributed by atoms with Crippen LogP contribution in [0.2, 0.25) is 0 Å². The Morgan fingerprint density at radius 2 is 1.97 bits per heavy atom. The van der Waals surface area contributed by atoms with Gasteiger partial charge in [-0.3, -0.25) is 14.9 Å². The summed E-state index contributed by atoms with van der Waals surface area (Å²) >= 11 is 0. The summed E-state index contributed by atoms with van der Waals surface area (Å²) < 4.78 is 43.1. The van der Waals surface area contributed by atoms with Crippen molar-refractivity contribution in [2.24, 2.45) is 0 Å². The van der Waals surface area contributed by atoms with Crippen molar-refractivity contribution in [3.05, 3.63) is 42.4 Å². The van der Waals surface area contributed by atoms with Gasteiger partial charge in [-0.1, -0.05) is 11.2 Å². The van der Waals surface area contributed by atoms with Crippen LogP contribution < -0.4 is 11.5 Å². The number of H-pyrrole nitrogens is 1. The number of aromatic amines is 1. The first-order valence-corrected chi connectivity index (χ1v) is 9.65. The van der Waals surface area contributed by atoms with Crippen LogP contribution >= 0.6 is 0 Å². The van der Waals surface area contributed by atoms with Crippen molar-refractivity contribution in [3.63, 3.8) is 0 Å². The molecule has 3 heterocycles. The summed E-state index contributed by atoms with van der Waals surface area (Å²) in [5.74, 6) is -3.56. The number of nitrogens with zero attached hydrogens (tertiary/aromatic N) is 4. The maximum absolute atomic E-state index is 12.8. The highest BCUT2D eigenvalue weighted by atomic mass is 19.4. The third kappa shape index (κ3) is 3.96. The topological polar surface area (TPSA) is 166 Å². The van der Waals surface area contributed by atoms with Crippen LogP contribution in [0.25, 0.3) is 33.4 Å². The summed E-state index contributed by atoms with van der Waals surface area (Å²) in [5.41, 5.74) is 13.8. The third-order valence-corrected chi connectivity index (χ3v) is 4.83. The Bertz CT molecular complexity index is 1380. The second-order valence-electron chi connectivity index (χ2n) is 6.96. The predicted molar refractivity (Wildman–Crippen MR) is 113 cm³/mol. The Labute approximate surface area is 188 Å². The molecule has 14 heteroatoms. The maximum atomic E-state index is 12.8. The van der Waals surface area contributed by atoms with E-state index in [1.807, 2.05) is 0 Å². The number of rotatable bonds is 4. The second-order valence-corrected chi connectivity index (χ2v) is 6.96. The molecule has 5 N–H and O–H groups in total. The maximum Gasteiger partial charge on any atom is 0.493 e. The number of nitrogen functional groups attached to an aromatic ring is 2. The lowest BCUT2D eigenvalue weighted by Crippen LogP contribution is -2.38. The largest absolute Gasteiger partial charge is 0.493 e. The van der Waals surface area contributed by atoms with Crippen LogP contribution in [0.5, 0.6) is 0 Å². The van der Waals surface area contributed by atoms with Gasteiger partial charge in [0.15, 0.2) is 11.4 Å². The number of carbonyl (C=O) groups is 2. The van der Waals surface area contributed by atoms with Crippen molar-refractivity contribution in [2.45, 2.75) is 13.1 Å². The van der Waals surface area contributed by atoms with Gasteiger partial charge in [0.2, 0.25) is 0 Å². The van der Waals surface area contributed by atoms with Crippen LogP contribution in [-0.4, -0.2) is 50.0 Å². The summed E-state index contributed by atoms with van der Waals surface area (Å²) in [6.07, 6.45) is -0.611. The molecule has 11 nitrogen and oxygen atoms in total. The Balaban J connectivity index is 1.77. The number of aromatic nitrogens is 4. The minimum Gasteiger partial charge on any atom is -0.398 e. The third-order valence-electron chi connectivity index (χ3n) is 4.83. The van der Waals surface area contributed by atoms with E-state index in [-0.39, 0.29) is 34.4 Å². The van der Waals surface area contributed by atoms with Crippen molar-refractivity contribution < 1.29 is 32.1 Å². The number of pyridine rings is 1. The number of hydrogen-bond donors (Lipinski definition) is 3. The number of carbonyl (C=O) groups excluding carboxylic acids is 2. The molecule has 0 aliphatic carbocycles. The normalized spacial score (nSPS) is 11.5. The van der Waals surface area contributed by atoms with Crippen LogP contribution in [0.15, 0.2) is 41.3 Å². The van der Waals surface area contributed by atoms with Gasteiger partial charge in [0.1, 0.15) is 0 Å². The van der Waals surface area contributed by atoms with Gasteiger partial charge in [0.05, 0.1) is 29.4 Å². The summed E-state index contributed by atoms with van der Waals surface area (Å²) in [6.45, 7) is 0.976. The molecule has 0 saturated heterocycles. The van der Waals surface area contributed by atoms with E-state index in [1.54, 1.807) is 12.4 Å². The number of halogens is 3. The summed E-state index contributed by atoms with van der Waals surface area (Å²) in [4.78, 5) is 32.7. The number of anilines is 2. The predicted octanol–water partition coefficient (Wildman–Crippen LogP) is 2.93. The minimum absolute atomic E-state index is 0.0295. The average Bonchev–Trinajstić information content (AvgIpc) is 3.47. The Kier molecular flexibility index (Phi) is 5.56. The lowest BCUT2D eigenvalue weighted by molar-refractivity contribution is -0.228. The van der Waals surface area contributed by atoms with Gasteiger partial charge in [-0.15, -0.1) is 0 Å². The number of fused-ring (bicyclic) bond motifs is 1. The monoisotopic (exact) mass is 475 g/mol. The molecule has 0 radical (unpaired) electrons. The molecule has 1 aromatic carbocycles. The first-order valence-electron chi connectivity index (χ1n) is 9.65. The second kappa shape index (κ2) is 8.38. The number of benzene rings is 1. The van der Waals surface area contributed by atoms with E-state index < -0.39 is 18.1 Å². The van der Waals surface area contributed by atoms with Crippen LogP contribution in [0, 0.1) is 0 Å². The SMILES string of the molecule is CCN(OC(=O)C(F)(F)F)C(=O)c1cc(-c2ncc(-c3cn[nH]c3)c3onc(N)c23)ccc1N. The molecule has 3 aromatic heterocycles. The Morgan fingerprint density at radius 3 is 2.62 bits per heavy atom. The van der Waals surface area contributed by atoms with Crippen LogP contribution in [0.1, 0.15) is 17.3 Å². The number of alkyl halides is 3. The van der Waals surface area contributed by atoms with E-state index in [9.17, 15) is 22.8 Å². The quantitative estimate of drug-likeness (QED) is 0.297.